The van der Waals surface area contributed by atoms with Crippen molar-refractivity contribution in [1.29, 1.82) is 0 Å². The number of nitrogens with one attached hydrogen (secondary N) is 3. The number of nitrogens with zero attached hydrogens (tertiary/aromatic N) is 4. The second-order valence-electron chi connectivity index (χ2n) is 9.86. The Balaban J connectivity index is 1.28. The number of ketones is 1. The third-order valence-corrected chi connectivity index (χ3v) is 8.51. The molecule has 11 heteroatoms. The quantitative estimate of drug-likeness (QED) is 0.206. The van der Waals surface area contributed by atoms with E-state index >= 15 is 4.39 Å². The molecule has 5 heterocycles. The minimum Gasteiger partial charge on any atom is -0.335 e. The van der Waals surface area contributed by atoms with Gasteiger partial charge >= 0.3 is 0 Å². The van der Waals surface area contributed by atoms with Crippen LogP contribution in [0.5, 0.6) is 0 Å². The van der Waals surface area contributed by atoms with Gasteiger partial charge in [-0.15, -0.1) is 11.3 Å². The van der Waals surface area contributed by atoms with Gasteiger partial charge in [0.1, 0.15) is 11.5 Å². The number of amides is 1. The molecule has 0 unspecified atom stereocenters. The predicted octanol–water partition coefficient (Wildman–Crippen LogP) is 6.37. The molecule has 1 saturated carbocycles. The first-order valence-electron chi connectivity index (χ1n) is 12.9. The van der Waals surface area contributed by atoms with Crippen LogP contribution >= 0.6 is 11.3 Å². The number of anilines is 1. The highest BCUT2D eigenvalue weighted by Crippen LogP contribution is 2.37. The minimum absolute atomic E-state index is 0.00241. The Labute approximate surface area is 230 Å². The second-order valence-corrected chi connectivity index (χ2v) is 10.9. The van der Waals surface area contributed by atoms with E-state index in [-0.39, 0.29) is 23.0 Å². The average Bonchev–Trinajstić information content (AvgIpc) is 3.65. The van der Waals surface area contributed by atoms with Gasteiger partial charge in [0.2, 0.25) is 5.91 Å². The Morgan fingerprint density at radius 2 is 1.98 bits per heavy atom. The predicted molar refractivity (Wildman–Crippen MR) is 151 cm³/mol. The van der Waals surface area contributed by atoms with Gasteiger partial charge < -0.3 is 10.3 Å². The zero-order chi connectivity index (χ0) is 27.4. The Morgan fingerprint density at radius 1 is 1.10 bits per heavy atom. The summed E-state index contributed by atoms with van der Waals surface area (Å²) < 4.78 is 16.1. The molecule has 1 aliphatic rings. The number of aromatic nitrogens is 6. The summed E-state index contributed by atoms with van der Waals surface area (Å²) in [4.78, 5) is 42.3. The smallest absolute Gasteiger partial charge is 0.227 e. The molecular formula is C29H22FN7O2S. The molecule has 7 rings (SSSR count). The number of imidazole rings is 1. The number of hydrogen-bond acceptors (Lipinski definition) is 7. The number of Topliss-reactive ketones (excluding diaryl/α,β-unsaturated/α-hetero) is 1. The number of H-pyrrole nitrogens is 2. The van der Waals surface area contributed by atoms with Crippen molar-refractivity contribution in [3.05, 3.63) is 65.7 Å². The lowest BCUT2D eigenvalue weighted by Crippen LogP contribution is -2.28. The maximum Gasteiger partial charge on any atom is 0.227 e. The molecule has 1 fully saturated rings. The summed E-state index contributed by atoms with van der Waals surface area (Å²) in [5.41, 5.74) is 4.18. The van der Waals surface area contributed by atoms with Gasteiger partial charge in [0.15, 0.2) is 17.3 Å². The van der Waals surface area contributed by atoms with Crippen LogP contribution in [0.4, 0.5) is 10.1 Å². The number of fused-ring (bicyclic) bond motifs is 2. The van der Waals surface area contributed by atoms with Crippen molar-refractivity contribution >= 4 is 50.8 Å². The zero-order valence-electron chi connectivity index (χ0n) is 21.3. The summed E-state index contributed by atoms with van der Waals surface area (Å²) in [7, 11) is 0. The molecule has 1 amide bonds. The van der Waals surface area contributed by atoms with Gasteiger partial charge in [0.05, 0.1) is 33.2 Å². The van der Waals surface area contributed by atoms with Gasteiger partial charge in [0, 0.05) is 39.9 Å². The van der Waals surface area contributed by atoms with E-state index in [0.29, 0.717) is 49.9 Å². The van der Waals surface area contributed by atoms with Crippen LogP contribution in [0.25, 0.3) is 55.2 Å². The van der Waals surface area contributed by atoms with Crippen molar-refractivity contribution < 1.29 is 14.0 Å². The lowest BCUT2D eigenvalue weighted by molar-refractivity contribution is -0.122. The molecule has 0 saturated heterocycles. The van der Waals surface area contributed by atoms with Crippen molar-refractivity contribution in [2.75, 3.05) is 5.32 Å². The normalized spacial score (nSPS) is 13.6. The summed E-state index contributed by atoms with van der Waals surface area (Å²) in [6.45, 7) is 1.54. The first kappa shape index (κ1) is 24.3. The highest BCUT2D eigenvalue weighted by atomic mass is 32.1. The van der Waals surface area contributed by atoms with Gasteiger partial charge in [0.25, 0.3) is 0 Å². The number of thiophene rings is 1. The molecule has 6 aromatic rings. The van der Waals surface area contributed by atoms with Crippen LogP contribution in [0.15, 0.2) is 55.0 Å². The van der Waals surface area contributed by atoms with E-state index < -0.39 is 5.82 Å². The number of halogens is 1. The number of rotatable bonds is 6. The molecule has 1 aromatic carbocycles. The summed E-state index contributed by atoms with van der Waals surface area (Å²) in [5.74, 6) is -0.123. The van der Waals surface area contributed by atoms with Crippen molar-refractivity contribution in [3.63, 3.8) is 0 Å². The maximum absolute atomic E-state index is 16.1. The van der Waals surface area contributed by atoms with Crippen LogP contribution < -0.4 is 5.32 Å². The van der Waals surface area contributed by atoms with E-state index in [4.69, 9.17) is 0 Å². The molecule has 9 nitrogen and oxygen atoms in total. The van der Waals surface area contributed by atoms with Crippen LogP contribution in [0, 0.1) is 11.7 Å². The van der Waals surface area contributed by atoms with Crippen LogP contribution in [0.1, 0.15) is 35.9 Å². The highest BCUT2D eigenvalue weighted by Gasteiger charge is 2.26. The minimum atomic E-state index is -0.483. The Hall–Kier alpha value is -4.77. The van der Waals surface area contributed by atoms with Crippen molar-refractivity contribution in [2.24, 2.45) is 5.92 Å². The average molecular weight is 552 g/mol. The van der Waals surface area contributed by atoms with E-state index in [1.165, 1.54) is 18.3 Å². The van der Waals surface area contributed by atoms with Crippen LogP contribution in [0.2, 0.25) is 0 Å². The van der Waals surface area contributed by atoms with Crippen LogP contribution in [0.3, 0.4) is 0 Å². The van der Waals surface area contributed by atoms with E-state index in [1.807, 2.05) is 12.1 Å². The Morgan fingerprint density at radius 3 is 2.75 bits per heavy atom. The first-order valence-corrected chi connectivity index (χ1v) is 13.7. The third-order valence-electron chi connectivity index (χ3n) is 7.29. The van der Waals surface area contributed by atoms with E-state index in [1.54, 1.807) is 42.9 Å². The monoisotopic (exact) mass is 551 g/mol. The largest absolute Gasteiger partial charge is 0.335 e. The van der Waals surface area contributed by atoms with Gasteiger partial charge in [-0.05, 0) is 56.2 Å². The lowest BCUT2D eigenvalue weighted by atomic mass is 9.85. The molecule has 0 spiro atoms. The fraction of sp³-hybridized carbons (Fsp3) is 0.172. The van der Waals surface area contributed by atoms with E-state index in [9.17, 15) is 9.59 Å². The molecule has 0 atom stereocenters. The fourth-order valence-corrected chi connectivity index (χ4v) is 5.87. The summed E-state index contributed by atoms with van der Waals surface area (Å²) in [6.07, 6.45) is 7.62. The number of benzene rings is 1. The number of carbonyl (C=O) groups is 2. The number of aromatic amines is 2. The Kier molecular flexibility index (Phi) is 5.74. The second kappa shape index (κ2) is 9.45. The maximum atomic E-state index is 16.1. The van der Waals surface area contributed by atoms with Crippen LogP contribution in [-0.4, -0.2) is 41.8 Å². The number of pyridine rings is 2. The Bertz CT molecular complexity index is 1950. The molecule has 1 aliphatic carbocycles. The molecule has 5 aromatic heterocycles. The van der Waals surface area contributed by atoms with Gasteiger partial charge in [-0.1, -0.05) is 6.42 Å². The molecule has 0 bridgehead atoms. The molecule has 3 N–H and O–H groups in total. The molecular weight excluding hydrogens is 529 g/mol. The summed E-state index contributed by atoms with van der Waals surface area (Å²) in [6, 6.07) is 10.7. The van der Waals surface area contributed by atoms with E-state index in [2.05, 4.69) is 35.5 Å². The van der Waals surface area contributed by atoms with Crippen molar-refractivity contribution in [1.82, 2.24) is 30.1 Å². The van der Waals surface area contributed by atoms with Gasteiger partial charge in [-0.25, -0.2) is 14.4 Å². The first-order chi connectivity index (χ1) is 19.5. The van der Waals surface area contributed by atoms with Crippen LogP contribution in [-0.2, 0) is 4.79 Å². The standard InChI is InChI=1S/C29H22FN7O2S/c1-14(38)21-7-8-22(40-21)19-9-10-32-27-25(19)34-28(35-27)26-23-20(36-37-26)6-5-18(24(23)30)16-11-17(13-31-12-16)33-29(39)15-3-2-4-15/h5-13,15H,2-4H2,1H3,(H,33,39)(H,36,37)(H,32,34,35). The van der Waals surface area contributed by atoms with Crippen molar-refractivity contribution in [3.8, 4) is 33.1 Å². The molecule has 198 valence electrons. The highest BCUT2D eigenvalue weighted by molar-refractivity contribution is 7.17. The SMILES string of the molecule is CC(=O)c1ccc(-c2ccnc3nc(-c4n[nH]c5ccc(-c6cncc(NC(=O)C7CCC7)c6)c(F)c45)[nH]c23)s1. The van der Waals surface area contributed by atoms with Gasteiger partial charge in [-0.2, -0.15) is 5.10 Å². The summed E-state index contributed by atoms with van der Waals surface area (Å²) in [5, 5.41) is 10.5. The molecule has 0 aliphatic heterocycles. The zero-order valence-corrected chi connectivity index (χ0v) is 22.1. The summed E-state index contributed by atoms with van der Waals surface area (Å²) >= 11 is 1.39. The fourth-order valence-electron chi connectivity index (χ4n) is 4.94. The topological polar surface area (TPSA) is 129 Å². The third kappa shape index (κ3) is 4.06. The number of carbonyl (C=O) groups excluding carboxylic acids is 2. The lowest BCUT2D eigenvalue weighted by Gasteiger charge is -2.24. The van der Waals surface area contributed by atoms with Crippen molar-refractivity contribution in [2.45, 2.75) is 26.2 Å². The molecule has 40 heavy (non-hydrogen) atoms. The van der Waals surface area contributed by atoms with E-state index in [0.717, 1.165) is 29.7 Å². The number of hydrogen-bond donors (Lipinski definition) is 3. The van der Waals surface area contributed by atoms with Gasteiger partial charge in [-0.3, -0.25) is 19.7 Å². The molecule has 0 radical (unpaired) electrons.